The first kappa shape index (κ1) is 26.2. The van der Waals surface area contributed by atoms with Crippen molar-refractivity contribution >= 4 is 11.9 Å². The molecule has 160 valence electrons. The van der Waals surface area contributed by atoms with E-state index in [1.165, 1.54) is 12.8 Å². The monoisotopic (exact) mass is 392 g/mol. The minimum Gasteiger partial charge on any atom is -0.478 e. The normalized spacial score (nSPS) is 11.7. The van der Waals surface area contributed by atoms with E-state index >= 15 is 0 Å². The third kappa shape index (κ3) is 14.2. The predicted molar refractivity (Wildman–Crippen MR) is 117 cm³/mol. The maximum atomic E-state index is 11.6. The van der Waals surface area contributed by atoms with Gasteiger partial charge in [0.05, 0.1) is 0 Å². The van der Waals surface area contributed by atoms with Gasteiger partial charge in [-0.1, -0.05) is 63.5 Å². The lowest BCUT2D eigenvalue weighted by atomic mass is 9.96. The van der Waals surface area contributed by atoms with Gasteiger partial charge in [-0.15, -0.1) is 13.2 Å². The van der Waals surface area contributed by atoms with Crippen molar-refractivity contribution in [3.8, 4) is 0 Å². The fraction of sp³-hybridized carbons (Fsp3) is 0.667. The topological polar surface area (TPSA) is 74.6 Å². The van der Waals surface area contributed by atoms with Gasteiger partial charge >= 0.3 is 11.9 Å². The highest BCUT2D eigenvalue weighted by Crippen LogP contribution is 2.21. The highest BCUT2D eigenvalue weighted by molar-refractivity contribution is 5.98. The Morgan fingerprint density at radius 1 is 0.536 bits per heavy atom. The SMILES string of the molecule is C=CCCCCCCCCC(C(=O)O)=C(CCCCCCCCC=C)C(=O)O. The Kier molecular flexibility index (Phi) is 17.3. The maximum absolute atomic E-state index is 11.6. The van der Waals surface area contributed by atoms with Crippen LogP contribution in [0.25, 0.3) is 0 Å². The minimum atomic E-state index is -1.08. The quantitative estimate of drug-likeness (QED) is 0.132. The molecule has 0 rings (SSSR count). The predicted octanol–water partition coefficient (Wildman–Crippen LogP) is 7.07. The largest absolute Gasteiger partial charge is 0.478 e. The second-order valence-corrected chi connectivity index (χ2v) is 7.46. The summed E-state index contributed by atoms with van der Waals surface area (Å²) < 4.78 is 0. The van der Waals surface area contributed by atoms with E-state index in [-0.39, 0.29) is 11.1 Å². The van der Waals surface area contributed by atoms with Gasteiger partial charge in [0.15, 0.2) is 0 Å². The molecule has 0 bridgehead atoms. The molecule has 0 atom stereocenters. The average Bonchev–Trinajstić information content (AvgIpc) is 2.66. The number of hydrogen-bond donors (Lipinski definition) is 2. The Hall–Kier alpha value is -1.84. The molecule has 0 radical (unpaired) electrons. The molecule has 0 heterocycles. The zero-order valence-corrected chi connectivity index (χ0v) is 17.6. The van der Waals surface area contributed by atoms with Gasteiger partial charge in [0.1, 0.15) is 0 Å². The van der Waals surface area contributed by atoms with E-state index in [0.717, 1.165) is 77.0 Å². The van der Waals surface area contributed by atoms with Crippen LogP contribution < -0.4 is 0 Å². The molecule has 0 fully saturated rings. The van der Waals surface area contributed by atoms with Crippen molar-refractivity contribution < 1.29 is 19.8 Å². The Labute approximate surface area is 171 Å². The van der Waals surface area contributed by atoms with E-state index in [2.05, 4.69) is 13.2 Å². The summed E-state index contributed by atoms with van der Waals surface area (Å²) in [5.41, 5.74) is 0.204. The molecule has 0 aliphatic rings. The van der Waals surface area contributed by atoms with Gasteiger partial charge < -0.3 is 10.2 Å². The average molecular weight is 393 g/mol. The molecule has 4 nitrogen and oxygen atoms in total. The van der Waals surface area contributed by atoms with Crippen LogP contribution in [0.4, 0.5) is 0 Å². The second-order valence-electron chi connectivity index (χ2n) is 7.46. The van der Waals surface area contributed by atoms with Crippen LogP contribution in [0.2, 0.25) is 0 Å². The number of carbonyl (C=O) groups is 2. The third-order valence-corrected chi connectivity index (χ3v) is 5.05. The van der Waals surface area contributed by atoms with Crippen LogP contribution in [0, 0.1) is 0 Å². The summed E-state index contributed by atoms with van der Waals surface area (Å²) in [6, 6.07) is 0. The van der Waals surface area contributed by atoms with E-state index in [9.17, 15) is 19.8 Å². The van der Waals surface area contributed by atoms with Crippen LogP contribution >= 0.6 is 0 Å². The molecule has 2 N–H and O–H groups in total. The first-order valence-corrected chi connectivity index (χ1v) is 10.9. The Morgan fingerprint density at radius 3 is 1.11 bits per heavy atom. The van der Waals surface area contributed by atoms with Crippen LogP contribution in [0.1, 0.15) is 103 Å². The summed E-state index contributed by atoms with van der Waals surface area (Å²) in [5, 5.41) is 19.0. The minimum absolute atomic E-state index is 0.102. The zero-order valence-electron chi connectivity index (χ0n) is 17.6. The Morgan fingerprint density at radius 2 is 0.821 bits per heavy atom. The summed E-state index contributed by atoms with van der Waals surface area (Å²) in [4.78, 5) is 23.2. The molecule has 0 amide bonds. The van der Waals surface area contributed by atoms with Gasteiger partial charge in [0.2, 0.25) is 0 Å². The molecule has 0 spiro atoms. The van der Waals surface area contributed by atoms with E-state index in [0.29, 0.717) is 12.8 Å². The molecule has 0 saturated heterocycles. The van der Waals surface area contributed by atoms with Gasteiger partial charge in [-0.3, -0.25) is 0 Å². The molecular formula is C24H40O4. The highest BCUT2D eigenvalue weighted by atomic mass is 16.4. The molecule has 0 aromatic rings. The molecule has 0 aliphatic carbocycles. The van der Waals surface area contributed by atoms with Gasteiger partial charge in [-0.25, -0.2) is 9.59 Å². The van der Waals surface area contributed by atoms with Crippen LogP contribution in [0.15, 0.2) is 36.5 Å². The number of hydrogen-bond acceptors (Lipinski definition) is 2. The number of aliphatic carboxylic acids is 2. The molecule has 0 saturated carbocycles. The lowest BCUT2D eigenvalue weighted by Gasteiger charge is -2.09. The molecule has 28 heavy (non-hydrogen) atoms. The first-order valence-electron chi connectivity index (χ1n) is 10.9. The van der Waals surface area contributed by atoms with Crippen molar-refractivity contribution in [2.45, 2.75) is 103 Å². The number of rotatable bonds is 20. The van der Waals surface area contributed by atoms with Gasteiger partial charge in [0, 0.05) is 11.1 Å². The van der Waals surface area contributed by atoms with Gasteiger partial charge in [-0.2, -0.15) is 0 Å². The summed E-state index contributed by atoms with van der Waals surface area (Å²) in [7, 11) is 0. The highest BCUT2D eigenvalue weighted by Gasteiger charge is 2.19. The van der Waals surface area contributed by atoms with E-state index in [1.54, 1.807) is 0 Å². The van der Waals surface area contributed by atoms with Gasteiger partial charge in [0.25, 0.3) is 0 Å². The smallest absolute Gasteiger partial charge is 0.332 e. The molecule has 4 heteroatoms. The number of carboxylic acids is 2. The molecule has 0 aromatic heterocycles. The summed E-state index contributed by atoms with van der Waals surface area (Å²) in [6.07, 6.45) is 19.1. The van der Waals surface area contributed by atoms with Crippen molar-refractivity contribution in [2.24, 2.45) is 0 Å². The maximum Gasteiger partial charge on any atom is 0.332 e. The zero-order chi connectivity index (χ0) is 21.0. The van der Waals surface area contributed by atoms with Gasteiger partial charge in [-0.05, 0) is 51.4 Å². The Balaban J connectivity index is 4.29. The standard InChI is InChI=1S/C24H40O4/c1-3-5-7-9-11-13-15-17-19-21(23(25)26)22(24(27)28)20-18-16-14-12-10-8-6-4-2/h3-4H,1-2,5-20H2,(H,25,26)(H,27,28). The fourth-order valence-corrected chi connectivity index (χ4v) is 3.37. The number of allylic oxidation sites excluding steroid dienone is 2. The summed E-state index contributed by atoms with van der Waals surface area (Å²) >= 11 is 0. The van der Waals surface area contributed by atoms with Crippen LogP contribution in [-0.2, 0) is 9.59 Å². The molecule has 0 aromatic carbocycles. The van der Waals surface area contributed by atoms with Crippen molar-refractivity contribution in [3.63, 3.8) is 0 Å². The Bertz CT molecular complexity index is 447. The van der Waals surface area contributed by atoms with Crippen LogP contribution in [0.5, 0.6) is 0 Å². The molecular weight excluding hydrogens is 352 g/mol. The van der Waals surface area contributed by atoms with Crippen LogP contribution in [0.3, 0.4) is 0 Å². The molecule has 0 unspecified atom stereocenters. The van der Waals surface area contributed by atoms with E-state index in [1.807, 2.05) is 12.2 Å². The summed E-state index contributed by atoms with van der Waals surface area (Å²) in [6.45, 7) is 7.42. The van der Waals surface area contributed by atoms with E-state index < -0.39 is 11.9 Å². The van der Waals surface area contributed by atoms with Crippen molar-refractivity contribution in [3.05, 3.63) is 36.5 Å². The van der Waals surface area contributed by atoms with E-state index in [4.69, 9.17) is 0 Å². The second kappa shape index (κ2) is 18.5. The molecule has 0 aliphatic heterocycles. The van der Waals surface area contributed by atoms with Crippen LogP contribution in [-0.4, -0.2) is 22.2 Å². The summed E-state index contributed by atoms with van der Waals surface area (Å²) in [5.74, 6) is -2.15. The number of carboxylic acid groups (broad SMARTS) is 2. The van der Waals surface area contributed by atoms with Crippen molar-refractivity contribution in [1.82, 2.24) is 0 Å². The lowest BCUT2D eigenvalue weighted by Crippen LogP contribution is -2.12. The first-order chi connectivity index (χ1) is 13.5. The lowest BCUT2D eigenvalue weighted by molar-refractivity contribution is -0.136. The fourth-order valence-electron chi connectivity index (χ4n) is 3.37. The van der Waals surface area contributed by atoms with Crippen molar-refractivity contribution in [1.29, 1.82) is 0 Å². The number of unbranched alkanes of at least 4 members (excludes halogenated alkanes) is 12. The van der Waals surface area contributed by atoms with Crippen molar-refractivity contribution in [2.75, 3.05) is 0 Å². The third-order valence-electron chi connectivity index (χ3n) is 5.05.